The first kappa shape index (κ1) is 22.3. The highest BCUT2D eigenvalue weighted by molar-refractivity contribution is 5.88. The molecule has 0 radical (unpaired) electrons. The monoisotopic (exact) mass is 468 g/mol. The molecule has 35 heavy (non-hydrogen) atoms. The second-order valence-electron chi connectivity index (χ2n) is 8.51. The van der Waals surface area contributed by atoms with Crippen molar-refractivity contribution in [2.24, 2.45) is 0 Å². The summed E-state index contributed by atoms with van der Waals surface area (Å²) in [4.78, 5) is 39.9. The fraction of sp³-hybridized carbons (Fsp3) is 0.240. The Kier molecular flexibility index (Phi) is 5.99. The largest absolute Gasteiger partial charge is 0.364 e. The summed E-state index contributed by atoms with van der Waals surface area (Å²) >= 11 is 0. The Hall–Kier alpha value is -4.49. The predicted molar refractivity (Wildman–Crippen MR) is 135 cm³/mol. The van der Waals surface area contributed by atoms with E-state index < -0.39 is 0 Å². The molecule has 1 aliphatic heterocycles. The highest BCUT2D eigenvalue weighted by Crippen LogP contribution is 2.23. The standard InChI is InChI=1S/C25H24N8O2/c1-16-15-33(10-9-32(16)2)22-11-19(14-28-25(22)35)29-23-12-20-17(13-27-23)7-8-26-21(20)5-3-18-4-6-24(34)31-30-18/h4,6-8,11-14,16H,9-10,15H2,1-2H3,(H,27,29)(H,28,35)(H,31,34)/t16-/m1/s1. The summed E-state index contributed by atoms with van der Waals surface area (Å²) in [5, 5.41) is 11.3. The fourth-order valence-electron chi connectivity index (χ4n) is 3.96. The molecule has 0 amide bonds. The molecule has 5 heterocycles. The molecule has 1 saturated heterocycles. The summed E-state index contributed by atoms with van der Waals surface area (Å²) in [5.41, 5.74) is 1.97. The lowest BCUT2D eigenvalue weighted by Gasteiger charge is -2.38. The van der Waals surface area contributed by atoms with Gasteiger partial charge >= 0.3 is 0 Å². The third-order valence-electron chi connectivity index (χ3n) is 6.09. The van der Waals surface area contributed by atoms with Crippen molar-refractivity contribution >= 4 is 28.0 Å². The molecular formula is C25H24N8O2. The third kappa shape index (κ3) is 4.90. The molecule has 0 saturated carbocycles. The van der Waals surface area contributed by atoms with Crippen molar-refractivity contribution in [1.82, 2.24) is 30.0 Å². The number of pyridine rings is 3. The fourth-order valence-corrected chi connectivity index (χ4v) is 3.96. The molecule has 1 fully saturated rings. The van der Waals surface area contributed by atoms with E-state index in [1.54, 1.807) is 24.7 Å². The highest BCUT2D eigenvalue weighted by Gasteiger charge is 2.22. The lowest BCUT2D eigenvalue weighted by molar-refractivity contribution is 0.234. The maximum atomic E-state index is 12.5. The van der Waals surface area contributed by atoms with Crippen LogP contribution in [0.5, 0.6) is 0 Å². The zero-order chi connectivity index (χ0) is 24.4. The van der Waals surface area contributed by atoms with Crippen LogP contribution in [-0.2, 0) is 0 Å². The van der Waals surface area contributed by atoms with Crippen molar-refractivity contribution in [3.05, 3.63) is 81.0 Å². The van der Waals surface area contributed by atoms with E-state index >= 15 is 0 Å². The molecule has 0 unspecified atom stereocenters. The number of aromatic amines is 2. The average molecular weight is 469 g/mol. The third-order valence-corrected chi connectivity index (χ3v) is 6.09. The molecule has 0 aromatic carbocycles. The molecule has 0 spiro atoms. The SMILES string of the molecule is C[C@@H]1CN(c2cc(Nc3cc4c(C#Cc5ccc(=O)[nH]n5)nccc4cn3)c[nH]c2=O)CCN1C. The van der Waals surface area contributed by atoms with E-state index in [-0.39, 0.29) is 11.1 Å². The normalized spacial score (nSPS) is 16.1. The molecule has 10 heteroatoms. The minimum Gasteiger partial charge on any atom is -0.364 e. The number of piperazine rings is 1. The molecule has 1 atom stereocenters. The summed E-state index contributed by atoms with van der Waals surface area (Å²) in [7, 11) is 2.10. The number of aromatic nitrogens is 5. The second kappa shape index (κ2) is 9.40. The molecule has 5 rings (SSSR count). The van der Waals surface area contributed by atoms with Gasteiger partial charge in [-0.1, -0.05) is 0 Å². The van der Waals surface area contributed by atoms with Crippen molar-refractivity contribution in [1.29, 1.82) is 0 Å². The van der Waals surface area contributed by atoms with Gasteiger partial charge in [-0.15, -0.1) is 0 Å². The lowest BCUT2D eigenvalue weighted by atomic mass is 10.1. The number of hydrogen-bond acceptors (Lipinski definition) is 8. The van der Waals surface area contributed by atoms with Crippen LogP contribution in [0.25, 0.3) is 10.8 Å². The number of anilines is 3. The van der Waals surface area contributed by atoms with E-state index in [0.29, 0.717) is 28.9 Å². The van der Waals surface area contributed by atoms with Crippen LogP contribution in [0.2, 0.25) is 0 Å². The summed E-state index contributed by atoms with van der Waals surface area (Å²) < 4.78 is 0. The molecule has 0 aliphatic carbocycles. The average Bonchev–Trinajstić information content (AvgIpc) is 2.86. The lowest BCUT2D eigenvalue weighted by Crippen LogP contribution is -2.51. The van der Waals surface area contributed by atoms with Crippen LogP contribution in [0.1, 0.15) is 18.3 Å². The number of nitrogens with one attached hydrogen (secondary N) is 3. The Morgan fingerprint density at radius 1 is 1.11 bits per heavy atom. The van der Waals surface area contributed by atoms with E-state index in [1.165, 1.54) is 6.07 Å². The second-order valence-corrected chi connectivity index (χ2v) is 8.51. The van der Waals surface area contributed by atoms with Gasteiger partial charge in [-0.3, -0.25) is 9.59 Å². The van der Waals surface area contributed by atoms with Crippen molar-refractivity contribution in [3.8, 4) is 11.8 Å². The van der Waals surface area contributed by atoms with E-state index in [1.807, 2.05) is 18.2 Å². The van der Waals surface area contributed by atoms with Gasteiger partial charge in [0.25, 0.3) is 11.1 Å². The van der Waals surface area contributed by atoms with Crippen LogP contribution in [-0.4, -0.2) is 62.8 Å². The van der Waals surface area contributed by atoms with Crippen LogP contribution in [0.4, 0.5) is 17.2 Å². The topological polar surface area (TPSA) is 123 Å². The van der Waals surface area contributed by atoms with Crippen LogP contribution in [0.15, 0.2) is 58.5 Å². The van der Waals surface area contributed by atoms with Gasteiger partial charge in [0, 0.05) is 61.1 Å². The van der Waals surface area contributed by atoms with Crippen molar-refractivity contribution in [2.75, 3.05) is 36.9 Å². The quantitative estimate of drug-likeness (QED) is 0.388. The van der Waals surface area contributed by atoms with Gasteiger partial charge in [0.1, 0.15) is 22.9 Å². The maximum Gasteiger partial charge on any atom is 0.271 e. The zero-order valence-corrected chi connectivity index (χ0v) is 19.4. The molecule has 4 aromatic rings. The Morgan fingerprint density at radius 3 is 2.80 bits per heavy atom. The zero-order valence-electron chi connectivity index (χ0n) is 19.4. The van der Waals surface area contributed by atoms with E-state index in [4.69, 9.17) is 0 Å². The predicted octanol–water partition coefficient (Wildman–Crippen LogP) is 1.69. The van der Waals surface area contributed by atoms with Gasteiger partial charge in [-0.05, 0) is 50.1 Å². The summed E-state index contributed by atoms with van der Waals surface area (Å²) in [6, 6.07) is 8.88. The molecule has 4 aromatic heterocycles. The van der Waals surface area contributed by atoms with Crippen LogP contribution >= 0.6 is 0 Å². The van der Waals surface area contributed by atoms with Gasteiger partial charge < -0.3 is 20.1 Å². The smallest absolute Gasteiger partial charge is 0.271 e. The van der Waals surface area contributed by atoms with Gasteiger partial charge in [0.2, 0.25) is 0 Å². The highest BCUT2D eigenvalue weighted by atomic mass is 16.1. The molecule has 1 aliphatic rings. The number of hydrogen-bond donors (Lipinski definition) is 3. The maximum absolute atomic E-state index is 12.5. The van der Waals surface area contributed by atoms with E-state index in [2.05, 4.69) is 66.1 Å². The van der Waals surface area contributed by atoms with Crippen LogP contribution < -0.4 is 21.3 Å². The molecule has 3 N–H and O–H groups in total. The number of H-pyrrole nitrogens is 2. The first-order chi connectivity index (χ1) is 17.0. The molecule has 176 valence electrons. The summed E-state index contributed by atoms with van der Waals surface area (Å²) in [5.74, 6) is 6.54. The Morgan fingerprint density at radius 2 is 2.00 bits per heavy atom. The van der Waals surface area contributed by atoms with Gasteiger partial charge in [-0.25, -0.2) is 15.1 Å². The molecule has 0 bridgehead atoms. The molecule has 10 nitrogen and oxygen atoms in total. The summed E-state index contributed by atoms with van der Waals surface area (Å²) in [6.07, 6.45) is 5.06. The van der Waals surface area contributed by atoms with Crippen LogP contribution in [0, 0.1) is 11.8 Å². The first-order valence-corrected chi connectivity index (χ1v) is 11.2. The summed E-state index contributed by atoms with van der Waals surface area (Å²) in [6.45, 7) is 4.63. The minimum absolute atomic E-state index is 0.114. The molecular weight excluding hydrogens is 444 g/mol. The van der Waals surface area contributed by atoms with Crippen molar-refractivity contribution in [2.45, 2.75) is 13.0 Å². The Labute approximate surface area is 201 Å². The van der Waals surface area contributed by atoms with Gasteiger partial charge in [-0.2, -0.15) is 5.10 Å². The first-order valence-electron chi connectivity index (χ1n) is 11.2. The Bertz CT molecular complexity index is 1550. The van der Waals surface area contributed by atoms with Crippen molar-refractivity contribution in [3.63, 3.8) is 0 Å². The number of likely N-dealkylation sites (N-methyl/N-ethyl adjacent to an activating group) is 1. The number of fused-ring (bicyclic) bond motifs is 1. The van der Waals surface area contributed by atoms with Crippen molar-refractivity contribution < 1.29 is 0 Å². The van der Waals surface area contributed by atoms with Gasteiger partial charge in [0.05, 0.1) is 5.69 Å². The van der Waals surface area contributed by atoms with E-state index in [9.17, 15) is 9.59 Å². The minimum atomic E-state index is -0.284. The van der Waals surface area contributed by atoms with Gasteiger partial charge in [0.15, 0.2) is 0 Å². The number of rotatable bonds is 3. The van der Waals surface area contributed by atoms with Crippen LogP contribution in [0.3, 0.4) is 0 Å². The number of nitrogens with zero attached hydrogens (tertiary/aromatic N) is 5. The Balaban J connectivity index is 1.43. The van der Waals surface area contributed by atoms with E-state index in [0.717, 1.165) is 36.1 Å².